The maximum atomic E-state index is 10.6. The predicted molar refractivity (Wildman–Crippen MR) is 80.2 cm³/mol. The van der Waals surface area contributed by atoms with Crippen LogP contribution in [-0.4, -0.2) is 60.8 Å². The summed E-state index contributed by atoms with van der Waals surface area (Å²) >= 11 is 0. The summed E-state index contributed by atoms with van der Waals surface area (Å²) in [7, 11) is 4.37. The molecule has 4 atom stereocenters. The lowest BCUT2D eigenvalue weighted by Gasteiger charge is -2.42. The molecule has 0 amide bonds. The third-order valence-electron chi connectivity index (χ3n) is 5.45. The van der Waals surface area contributed by atoms with E-state index in [4.69, 9.17) is 0 Å². The molecule has 0 radical (unpaired) electrons. The smallest absolute Gasteiger partial charge is 0.0631 e. The molecule has 1 N–H and O–H groups in total. The van der Waals surface area contributed by atoms with E-state index in [0.29, 0.717) is 12.0 Å². The van der Waals surface area contributed by atoms with Crippen LogP contribution in [0, 0.1) is 17.3 Å². The Bertz CT molecular complexity index is 303. The second-order valence-corrected chi connectivity index (χ2v) is 7.81. The molecule has 1 aliphatic carbocycles. The lowest BCUT2D eigenvalue weighted by atomic mass is 9.69. The summed E-state index contributed by atoms with van der Waals surface area (Å²) in [6.07, 6.45) is 3.51. The van der Waals surface area contributed by atoms with Crippen molar-refractivity contribution in [1.82, 2.24) is 9.80 Å². The molecule has 0 aromatic heterocycles. The van der Waals surface area contributed by atoms with Gasteiger partial charge in [-0.3, -0.25) is 0 Å². The Balaban J connectivity index is 1.92. The van der Waals surface area contributed by atoms with Crippen molar-refractivity contribution in [3.8, 4) is 0 Å². The van der Waals surface area contributed by atoms with Crippen molar-refractivity contribution in [1.29, 1.82) is 0 Å². The van der Waals surface area contributed by atoms with Crippen LogP contribution in [0.1, 0.15) is 40.0 Å². The second-order valence-electron chi connectivity index (χ2n) is 7.81. The van der Waals surface area contributed by atoms with Crippen LogP contribution in [0.4, 0.5) is 0 Å². The van der Waals surface area contributed by atoms with Gasteiger partial charge >= 0.3 is 0 Å². The molecule has 19 heavy (non-hydrogen) atoms. The maximum absolute atomic E-state index is 10.6. The molecule has 2 rings (SSSR count). The Kier molecular flexibility index (Phi) is 4.59. The van der Waals surface area contributed by atoms with Crippen molar-refractivity contribution in [2.45, 2.75) is 52.2 Å². The van der Waals surface area contributed by atoms with Crippen LogP contribution < -0.4 is 0 Å². The van der Waals surface area contributed by atoms with Gasteiger partial charge in [-0.1, -0.05) is 27.2 Å². The van der Waals surface area contributed by atoms with Crippen LogP contribution in [0.25, 0.3) is 0 Å². The molecule has 3 heteroatoms. The zero-order valence-electron chi connectivity index (χ0n) is 13.4. The number of nitrogens with zero attached hydrogens (tertiary/aromatic N) is 2. The number of likely N-dealkylation sites (tertiary alicyclic amines) is 1. The van der Waals surface area contributed by atoms with Gasteiger partial charge in [0.2, 0.25) is 0 Å². The molecule has 0 bridgehead atoms. The highest BCUT2D eigenvalue weighted by molar-refractivity contribution is 4.92. The van der Waals surface area contributed by atoms with Crippen LogP contribution >= 0.6 is 0 Å². The van der Waals surface area contributed by atoms with Crippen molar-refractivity contribution < 1.29 is 5.11 Å². The van der Waals surface area contributed by atoms with Crippen LogP contribution in [0.2, 0.25) is 0 Å². The third-order valence-corrected chi connectivity index (χ3v) is 5.45. The largest absolute Gasteiger partial charge is 0.392 e. The Morgan fingerprint density at radius 1 is 1.26 bits per heavy atom. The van der Waals surface area contributed by atoms with Gasteiger partial charge in [0.25, 0.3) is 0 Å². The quantitative estimate of drug-likeness (QED) is 0.849. The van der Waals surface area contributed by atoms with Crippen molar-refractivity contribution in [2.75, 3.05) is 33.7 Å². The number of hydrogen-bond donors (Lipinski definition) is 1. The van der Waals surface area contributed by atoms with E-state index >= 15 is 0 Å². The Morgan fingerprint density at radius 3 is 2.53 bits per heavy atom. The van der Waals surface area contributed by atoms with E-state index in [1.807, 2.05) is 0 Å². The van der Waals surface area contributed by atoms with Gasteiger partial charge in [-0.05, 0) is 44.2 Å². The topological polar surface area (TPSA) is 26.7 Å². The average Bonchev–Trinajstić information content (AvgIpc) is 2.66. The molecule has 1 saturated heterocycles. The van der Waals surface area contributed by atoms with Gasteiger partial charge in [0.05, 0.1) is 6.10 Å². The first-order chi connectivity index (χ1) is 8.81. The molecule has 0 aromatic carbocycles. The molecule has 2 fully saturated rings. The van der Waals surface area contributed by atoms with Gasteiger partial charge in [-0.15, -0.1) is 0 Å². The molecule has 1 heterocycles. The summed E-state index contributed by atoms with van der Waals surface area (Å²) in [5.41, 5.74) is 0.106. The third kappa shape index (κ3) is 3.32. The second kappa shape index (κ2) is 5.71. The van der Waals surface area contributed by atoms with Gasteiger partial charge in [0.1, 0.15) is 0 Å². The zero-order chi connectivity index (χ0) is 14.2. The van der Waals surface area contributed by atoms with Gasteiger partial charge in [-0.2, -0.15) is 0 Å². The number of aliphatic hydroxyl groups excluding tert-OH is 1. The van der Waals surface area contributed by atoms with E-state index in [1.165, 1.54) is 25.8 Å². The maximum Gasteiger partial charge on any atom is 0.0631 e. The standard InChI is InChI=1S/C16H32N2O/c1-12-9-18(11-14(12)17(4)5)10-13-7-6-8-16(2,3)15(13)19/h12-15,19H,6-11H2,1-5H3. The molecule has 3 nitrogen and oxygen atoms in total. The Hall–Kier alpha value is -0.120. The fraction of sp³-hybridized carbons (Fsp3) is 1.00. The first kappa shape index (κ1) is 15.3. The highest BCUT2D eigenvalue weighted by Crippen LogP contribution is 2.39. The normalized spacial score (nSPS) is 39.9. The minimum absolute atomic E-state index is 0.106. The van der Waals surface area contributed by atoms with Gasteiger partial charge in [0.15, 0.2) is 0 Å². The molecule has 0 aromatic rings. The van der Waals surface area contributed by atoms with Crippen LogP contribution in [0.15, 0.2) is 0 Å². The fourth-order valence-electron chi connectivity index (χ4n) is 4.16. The molecular weight excluding hydrogens is 236 g/mol. The van der Waals surface area contributed by atoms with Crippen LogP contribution in [-0.2, 0) is 0 Å². The highest BCUT2D eigenvalue weighted by atomic mass is 16.3. The summed E-state index contributed by atoms with van der Waals surface area (Å²) in [4.78, 5) is 4.93. The van der Waals surface area contributed by atoms with E-state index < -0.39 is 0 Å². The van der Waals surface area contributed by atoms with Crippen molar-refractivity contribution in [3.63, 3.8) is 0 Å². The van der Waals surface area contributed by atoms with Crippen molar-refractivity contribution in [2.24, 2.45) is 17.3 Å². The summed E-state index contributed by atoms with van der Waals surface area (Å²) < 4.78 is 0. The highest BCUT2D eigenvalue weighted by Gasteiger charge is 2.40. The monoisotopic (exact) mass is 268 g/mol. The Morgan fingerprint density at radius 2 is 1.95 bits per heavy atom. The van der Waals surface area contributed by atoms with Crippen LogP contribution in [0.3, 0.4) is 0 Å². The minimum Gasteiger partial charge on any atom is -0.392 e. The lowest BCUT2D eigenvalue weighted by molar-refractivity contribution is -0.0415. The number of likely N-dealkylation sites (N-methyl/N-ethyl adjacent to an activating group) is 1. The van der Waals surface area contributed by atoms with Crippen molar-refractivity contribution >= 4 is 0 Å². The van der Waals surface area contributed by atoms with E-state index in [0.717, 1.165) is 19.0 Å². The van der Waals surface area contributed by atoms with Crippen molar-refractivity contribution in [3.05, 3.63) is 0 Å². The predicted octanol–water partition coefficient (Wildman–Crippen LogP) is 2.06. The SMILES string of the molecule is CC1CN(CC2CCCC(C)(C)C2O)CC1N(C)C. The first-order valence-electron chi connectivity index (χ1n) is 7.88. The molecule has 0 spiro atoms. The Labute approximate surface area is 119 Å². The van der Waals surface area contributed by atoms with E-state index in [-0.39, 0.29) is 11.5 Å². The molecule has 2 aliphatic rings. The molecular formula is C16H32N2O. The average molecular weight is 268 g/mol. The molecule has 1 aliphatic heterocycles. The van der Waals surface area contributed by atoms with E-state index in [1.54, 1.807) is 0 Å². The minimum atomic E-state index is -0.130. The summed E-state index contributed by atoms with van der Waals surface area (Å²) in [6, 6.07) is 0.675. The fourth-order valence-corrected chi connectivity index (χ4v) is 4.16. The summed E-state index contributed by atoms with van der Waals surface area (Å²) in [5.74, 6) is 1.21. The van der Waals surface area contributed by atoms with Gasteiger partial charge in [0, 0.05) is 25.7 Å². The zero-order valence-corrected chi connectivity index (χ0v) is 13.4. The molecule has 112 valence electrons. The molecule has 4 unspecified atom stereocenters. The van der Waals surface area contributed by atoms with Gasteiger partial charge in [-0.25, -0.2) is 0 Å². The molecule has 1 saturated carbocycles. The van der Waals surface area contributed by atoms with Gasteiger partial charge < -0.3 is 14.9 Å². The number of rotatable bonds is 3. The number of hydrogen-bond acceptors (Lipinski definition) is 3. The first-order valence-corrected chi connectivity index (χ1v) is 7.88. The number of aliphatic hydroxyl groups is 1. The van der Waals surface area contributed by atoms with Crippen LogP contribution in [0.5, 0.6) is 0 Å². The van der Waals surface area contributed by atoms with E-state index in [9.17, 15) is 5.11 Å². The lowest BCUT2D eigenvalue weighted by Crippen LogP contribution is -2.45. The summed E-state index contributed by atoms with van der Waals surface area (Å²) in [5, 5.41) is 10.6. The summed E-state index contributed by atoms with van der Waals surface area (Å²) in [6.45, 7) is 10.2. The van der Waals surface area contributed by atoms with E-state index in [2.05, 4.69) is 44.7 Å².